The highest BCUT2D eigenvalue weighted by Crippen LogP contribution is 2.49. The van der Waals surface area contributed by atoms with Gasteiger partial charge in [-0.15, -0.1) is 0 Å². The molecule has 3 aromatic carbocycles. The van der Waals surface area contributed by atoms with Gasteiger partial charge < -0.3 is 14.6 Å². The monoisotopic (exact) mass is 454 g/mol. The van der Waals surface area contributed by atoms with E-state index >= 15 is 0 Å². The second-order valence-electron chi connectivity index (χ2n) is 9.61. The molecule has 0 spiro atoms. The van der Waals surface area contributed by atoms with E-state index in [1.807, 2.05) is 47.4 Å². The van der Waals surface area contributed by atoms with Crippen molar-refractivity contribution in [3.63, 3.8) is 0 Å². The first-order valence-electron chi connectivity index (χ1n) is 11.9. The summed E-state index contributed by atoms with van der Waals surface area (Å²) in [6, 6.07) is 22.9. The average molecular weight is 455 g/mol. The number of halogens is 1. The lowest BCUT2D eigenvalue weighted by Gasteiger charge is -2.51. The largest absolute Gasteiger partial charge is 0.497 e. The average Bonchev–Trinajstić information content (AvgIpc) is 3.23. The Hall–Kier alpha value is -3.60. The molecule has 5 heteroatoms. The highest BCUT2D eigenvalue weighted by atomic mass is 19.1. The van der Waals surface area contributed by atoms with Crippen LogP contribution in [0.15, 0.2) is 72.8 Å². The van der Waals surface area contributed by atoms with Crippen LogP contribution in [0.5, 0.6) is 5.75 Å². The third-order valence-electron chi connectivity index (χ3n) is 7.90. The minimum Gasteiger partial charge on any atom is -0.497 e. The molecular formula is C29H27FN2O2. The van der Waals surface area contributed by atoms with Gasteiger partial charge in [0.05, 0.1) is 7.11 Å². The Bertz CT molecular complexity index is 1380. The van der Waals surface area contributed by atoms with Crippen LogP contribution < -0.4 is 4.74 Å². The molecule has 1 amide bonds. The van der Waals surface area contributed by atoms with Crippen molar-refractivity contribution < 1.29 is 13.9 Å². The number of carbonyl (C=O) groups is 1. The lowest BCUT2D eigenvalue weighted by atomic mass is 9.58. The number of ether oxygens (including phenoxy) is 1. The molecule has 1 saturated heterocycles. The first kappa shape index (κ1) is 21.0. The van der Waals surface area contributed by atoms with Crippen molar-refractivity contribution in [2.45, 2.75) is 24.7 Å². The molecule has 4 nitrogen and oxygen atoms in total. The summed E-state index contributed by atoms with van der Waals surface area (Å²) in [6.07, 6.45) is 2.50. The van der Waals surface area contributed by atoms with Gasteiger partial charge in [0.25, 0.3) is 5.91 Å². The Morgan fingerprint density at radius 3 is 2.76 bits per heavy atom. The van der Waals surface area contributed by atoms with Gasteiger partial charge in [0.2, 0.25) is 0 Å². The summed E-state index contributed by atoms with van der Waals surface area (Å²) in [7, 11) is 1.70. The van der Waals surface area contributed by atoms with E-state index in [2.05, 4.69) is 23.2 Å². The molecule has 0 bridgehead atoms. The summed E-state index contributed by atoms with van der Waals surface area (Å²) >= 11 is 0. The number of aromatic amines is 1. The number of hydrogen-bond acceptors (Lipinski definition) is 2. The summed E-state index contributed by atoms with van der Waals surface area (Å²) < 4.78 is 19.7. The highest BCUT2D eigenvalue weighted by molar-refractivity contribution is 5.94. The Kier molecular flexibility index (Phi) is 4.94. The van der Waals surface area contributed by atoms with Crippen molar-refractivity contribution >= 4 is 16.8 Å². The Labute approximate surface area is 198 Å². The Morgan fingerprint density at radius 2 is 1.94 bits per heavy atom. The molecule has 0 radical (unpaired) electrons. The number of nitrogens with one attached hydrogen (secondary N) is 1. The van der Waals surface area contributed by atoms with Crippen LogP contribution in [0.2, 0.25) is 0 Å². The quantitative estimate of drug-likeness (QED) is 0.443. The number of benzene rings is 3. The molecule has 1 N–H and O–H groups in total. The summed E-state index contributed by atoms with van der Waals surface area (Å²) in [5.41, 5.74) is 5.20. The molecule has 1 unspecified atom stereocenters. The van der Waals surface area contributed by atoms with Crippen molar-refractivity contribution in [1.82, 2.24) is 9.88 Å². The molecule has 1 aliphatic heterocycles. The maximum absolute atomic E-state index is 14.1. The summed E-state index contributed by atoms with van der Waals surface area (Å²) in [6.45, 7) is 1.37. The predicted molar refractivity (Wildman–Crippen MR) is 131 cm³/mol. The molecule has 34 heavy (non-hydrogen) atoms. The lowest BCUT2D eigenvalue weighted by molar-refractivity contribution is 0.0501. The van der Waals surface area contributed by atoms with E-state index in [0.29, 0.717) is 13.1 Å². The minimum absolute atomic E-state index is 0.0793. The molecule has 6 rings (SSSR count). The van der Waals surface area contributed by atoms with Crippen molar-refractivity contribution in [3.05, 3.63) is 101 Å². The normalized spacial score (nSPS) is 21.7. The number of amides is 1. The molecule has 2 heterocycles. The number of fused-ring (bicyclic) bond motifs is 4. The third-order valence-corrected chi connectivity index (χ3v) is 7.90. The van der Waals surface area contributed by atoms with Gasteiger partial charge in [0.1, 0.15) is 11.6 Å². The summed E-state index contributed by atoms with van der Waals surface area (Å²) in [4.78, 5) is 18.9. The number of rotatable bonds is 3. The maximum atomic E-state index is 14.1. The van der Waals surface area contributed by atoms with Crippen LogP contribution in [0.25, 0.3) is 10.9 Å². The Balaban J connectivity index is 1.44. The first-order chi connectivity index (χ1) is 16.6. The number of aromatic nitrogens is 1. The van der Waals surface area contributed by atoms with Crippen LogP contribution in [0.1, 0.15) is 33.6 Å². The van der Waals surface area contributed by atoms with Gasteiger partial charge in [0, 0.05) is 40.7 Å². The molecule has 0 saturated carbocycles. The van der Waals surface area contributed by atoms with Gasteiger partial charge in [-0.25, -0.2) is 4.39 Å². The zero-order valence-electron chi connectivity index (χ0n) is 19.2. The predicted octanol–water partition coefficient (Wildman–Crippen LogP) is 5.51. The number of piperidine rings is 1. The zero-order chi connectivity index (χ0) is 23.3. The molecule has 4 aromatic rings. The highest BCUT2D eigenvalue weighted by Gasteiger charge is 2.49. The van der Waals surface area contributed by atoms with Gasteiger partial charge in [-0.05, 0) is 78.8 Å². The van der Waals surface area contributed by atoms with Crippen molar-refractivity contribution in [2.75, 3.05) is 20.2 Å². The topological polar surface area (TPSA) is 45.3 Å². The number of likely N-dealkylation sites (tertiary alicyclic amines) is 1. The zero-order valence-corrected chi connectivity index (χ0v) is 19.2. The van der Waals surface area contributed by atoms with Gasteiger partial charge >= 0.3 is 0 Å². The van der Waals surface area contributed by atoms with Gasteiger partial charge in [-0.1, -0.05) is 30.3 Å². The molecule has 1 aromatic heterocycles. The van der Waals surface area contributed by atoms with E-state index in [9.17, 15) is 9.18 Å². The van der Waals surface area contributed by atoms with E-state index in [1.54, 1.807) is 13.2 Å². The molecule has 1 aliphatic carbocycles. The van der Waals surface area contributed by atoms with E-state index < -0.39 is 0 Å². The van der Waals surface area contributed by atoms with Crippen molar-refractivity contribution in [1.29, 1.82) is 0 Å². The van der Waals surface area contributed by atoms with Crippen LogP contribution in [0, 0.1) is 11.7 Å². The fourth-order valence-corrected chi connectivity index (χ4v) is 6.15. The van der Waals surface area contributed by atoms with E-state index in [0.717, 1.165) is 41.5 Å². The molecule has 1 fully saturated rings. The van der Waals surface area contributed by atoms with E-state index in [-0.39, 0.29) is 23.1 Å². The van der Waals surface area contributed by atoms with Gasteiger partial charge in [-0.2, -0.15) is 0 Å². The summed E-state index contributed by atoms with van der Waals surface area (Å²) in [5, 5.41) is 0.959. The number of H-pyrrole nitrogens is 1. The first-order valence-corrected chi connectivity index (χ1v) is 11.9. The molecular weight excluding hydrogens is 427 g/mol. The molecule has 2 aliphatic rings. The number of hydrogen-bond donors (Lipinski definition) is 1. The second kappa shape index (κ2) is 8.01. The smallest absolute Gasteiger partial charge is 0.253 e. The van der Waals surface area contributed by atoms with Crippen LogP contribution in [0.4, 0.5) is 4.39 Å². The van der Waals surface area contributed by atoms with E-state index in [1.165, 1.54) is 22.9 Å². The van der Waals surface area contributed by atoms with Crippen LogP contribution >= 0.6 is 0 Å². The number of nitrogens with zero attached hydrogens (tertiary/aromatic N) is 1. The number of carbonyl (C=O) groups excluding carboxylic acids is 1. The van der Waals surface area contributed by atoms with Crippen LogP contribution in [-0.2, 0) is 18.3 Å². The van der Waals surface area contributed by atoms with Crippen molar-refractivity contribution in [3.8, 4) is 5.75 Å². The maximum Gasteiger partial charge on any atom is 0.253 e. The third kappa shape index (κ3) is 3.30. The number of methoxy groups -OCH3 is 1. The van der Waals surface area contributed by atoms with Gasteiger partial charge in [0.15, 0.2) is 0 Å². The van der Waals surface area contributed by atoms with Crippen molar-refractivity contribution in [2.24, 2.45) is 5.92 Å². The standard InChI is InChI=1S/C29H27FN2O2/c1-34-23-9-5-8-20(14-23)29-12-13-32(28(33)19-6-3-2-4-7-19)18-21(29)15-24-25-16-22(30)10-11-26(25)31-27(24)17-29/h2-11,14,16,21,31H,12-13,15,17-18H2,1H3/t21?,29-/m1/s1. The molecule has 172 valence electrons. The lowest BCUT2D eigenvalue weighted by Crippen LogP contribution is -2.55. The fourth-order valence-electron chi connectivity index (χ4n) is 6.15. The van der Waals surface area contributed by atoms with E-state index in [4.69, 9.17) is 4.74 Å². The van der Waals surface area contributed by atoms with Crippen LogP contribution in [0.3, 0.4) is 0 Å². The summed E-state index contributed by atoms with van der Waals surface area (Å²) in [5.74, 6) is 0.924. The SMILES string of the molecule is COc1cccc([C@]23CCN(C(=O)c4ccccc4)CC2Cc2c([nH]c4ccc(F)cc24)C3)c1. The second-order valence-corrected chi connectivity index (χ2v) is 9.61. The van der Waals surface area contributed by atoms with Gasteiger partial charge in [-0.3, -0.25) is 4.79 Å². The Morgan fingerprint density at radius 1 is 1.09 bits per heavy atom. The van der Waals surface area contributed by atoms with Crippen LogP contribution in [-0.4, -0.2) is 36.0 Å². The minimum atomic E-state index is -0.219. The molecule has 2 atom stereocenters. The fraction of sp³-hybridized carbons (Fsp3) is 0.276.